The van der Waals surface area contributed by atoms with Crippen molar-refractivity contribution < 1.29 is 19.2 Å². The Kier molecular flexibility index (Phi) is 6.25. The van der Waals surface area contributed by atoms with Gasteiger partial charge in [-0.15, -0.1) is 11.3 Å². The number of non-ortho nitro benzene ring substituents is 1. The van der Waals surface area contributed by atoms with Crippen molar-refractivity contribution in [2.24, 2.45) is 4.99 Å². The van der Waals surface area contributed by atoms with Gasteiger partial charge in [0.2, 0.25) is 0 Å². The second-order valence-corrected chi connectivity index (χ2v) is 8.99. The zero-order valence-electron chi connectivity index (χ0n) is 17.9. The van der Waals surface area contributed by atoms with Gasteiger partial charge in [0.1, 0.15) is 11.8 Å². The van der Waals surface area contributed by atoms with Crippen LogP contribution in [0.3, 0.4) is 0 Å². The molecule has 9 nitrogen and oxygen atoms in total. The number of carbonyl (C=O) groups excluding carboxylic acids is 1. The molecule has 0 aliphatic carbocycles. The van der Waals surface area contributed by atoms with Crippen LogP contribution in [0.25, 0.3) is 6.08 Å². The molecule has 0 bridgehead atoms. The molecule has 0 saturated heterocycles. The van der Waals surface area contributed by atoms with Crippen molar-refractivity contribution in [3.05, 3.63) is 87.2 Å². The smallest absolute Gasteiger partial charge is 0.338 e. The predicted molar refractivity (Wildman–Crippen MR) is 124 cm³/mol. The number of methoxy groups -OCH3 is 1. The first kappa shape index (κ1) is 22.6. The maximum absolute atomic E-state index is 13.5. The van der Waals surface area contributed by atoms with E-state index in [1.54, 1.807) is 19.9 Å². The lowest BCUT2D eigenvalue weighted by Gasteiger charge is -2.23. The van der Waals surface area contributed by atoms with Crippen LogP contribution in [-0.2, 0) is 9.53 Å². The molecule has 0 N–H and O–H groups in total. The molecule has 4 rings (SSSR count). The van der Waals surface area contributed by atoms with Gasteiger partial charge in [0, 0.05) is 22.6 Å². The number of fused-ring (bicyclic) bond motifs is 1. The molecule has 0 unspecified atom stereocenters. The van der Waals surface area contributed by atoms with Gasteiger partial charge in [-0.05, 0) is 37.4 Å². The van der Waals surface area contributed by atoms with Crippen molar-refractivity contribution in [2.75, 3.05) is 13.7 Å². The molecule has 11 heteroatoms. The summed E-state index contributed by atoms with van der Waals surface area (Å²) in [6.07, 6.45) is 1.55. The van der Waals surface area contributed by atoms with E-state index in [9.17, 15) is 19.7 Å². The Hall–Kier alpha value is -3.57. The van der Waals surface area contributed by atoms with Gasteiger partial charge >= 0.3 is 5.97 Å². The number of nitro groups is 1. The van der Waals surface area contributed by atoms with Crippen molar-refractivity contribution >= 4 is 40.4 Å². The zero-order valence-corrected chi connectivity index (χ0v) is 19.6. The summed E-state index contributed by atoms with van der Waals surface area (Å²) in [5.74, 6) is -0.128. The minimum Gasteiger partial charge on any atom is -0.496 e. The highest BCUT2D eigenvalue weighted by Gasteiger charge is 2.33. The highest BCUT2D eigenvalue weighted by molar-refractivity contribution is 7.10. The fourth-order valence-electron chi connectivity index (χ4n) is 3.60. The van der Waals surface area contributed by atoms with Crippen molar-refractivity contribution in [1.29, 1.82) is 0 Å². The standard InChI is InChI=1S/C22H19N3O6S2/c1-4-31-21(27)18-12(2)23-22-24(19(18)16-6-5-9-32-16)20(26)17(33-22)11-13-10-14(25(28)29)7-8-15(13)30-3/h5-11,19H,4H2,1-3H3/b17-11-/t19-/m1/s1. The molecule has 1 atom stereocenters. The van der Waals surface area contributed by atoms with E-state index in [4.69, 9.17) is 9.47 Å². The van der Waals surface area contributed by atoms with Crippen molar-refractivity contribution in [3.63, 3.8) is 0 Å². The van der Waals surface area contributed by atoms with E-state index >= 15 is 0 Å². The number of benzene rings is 1. The number of hydrogen-bond donors (Lipinski definition) is 0. The normalized spacial score (nSPS) is 15.7. The van der Waals surface area contributed by atoms with Crippen LogP contribution in [0.15, 0.2) is 56.8 Å². The van der Waals surface area contributed by atoms with Crippen LogP contribution >= 0.6 is 22.7 Å². The second-order valence-electron chi connectivity index (χ2n) is 7.00. The number of rotatable bonds is 6. The number of nitrogens with zero attached hydrogens (tertiary/aromatic N) is 3. The fourth-order valence-corrected chi connectivity index (χ4v) is 5.46. The number of thiazole rings is 1. The van der Waals surface area contributed by atoms with E-state index < -0.39 is 16.9 Å². The van der Waals surface area contributed by atoms with Crippen molar-refractivity contribution in [1.82, 2.24) is 4.57 Å². The van der Waals surface area contributed by atoms with E-state index in [2.05, 4.69) is 4.99 Å². The highest BCUT2D eigenvalue weighted by Crippen LogP contribution is 2.33. The molecule has 0 saturated carbocycles. The molecule has 0 fully saturated rings. The third-order valence-electron chi connectivity index (χ3n) is 5.04. The van der Waals surface area contributed by atoms with Crippen LogP contribution in [0, 0.1) is 10.1 Å². The summed E-state index contributed by atoms with van der Waals surface area (Å²) in [6, 6.07) is 7.20. The average molecular weight is 486 g/mol. The lowest BCUT2D eigenvalue weighted by Crippen LogP contribution is -2.39. The van der Waals surface area contributed by atoms with Gasteiger partial charge in [0.05, 0.1) is 34.4 Å². The summed E-state index contributed by atoms with van der Waals surface area (Å²) >= 11 is 2.57. The van der Waals surface area contributed by atoms with Crippen LogP contribution in [-0.4, -0.2) is 29.2 Å². The Balaban J connectivity index is 1.95. The number of esters is 1. The molecular formula is C22H19N3O6S2. The number of allylic oxidation sites excluding steroid dienone is 1. The molecule has 2 aromatic heterocycles. The van der Waals surface area contributed by atoms with E-state index in [0.29, 0.717) is 31.9 Å². The minimum absolute atomic E-state index is 0.119. The van der Waals surface area contributed by atoms with Crippen LogP contribution in [0.1, 0.15) is 30.3 Å². The number of hydrogen-bond acceptors (Lipinski definition) is 9. The number of aromatic nitrogens is 1. The van der Waals surface area contributed by atoms with Crippen LogP contribution in [0.4, 0.5) is 5.69 Å². The monoisotopic (exact) mass is 485 g/mol. The molecule has 33 heavy (non-hydrogen) atoms. The quantitative estimate of drug-likeness (QED) is 0.301. The Bertz CT molecular complexity index is 1450. The number of nitro benzene ring substituents is 1. The Morgan fingerprint density at radius 3 is 2.79 bits per heavy atom. The van der Waals surface area contributed by atoms with Gasteiger partial charge in [-0.2, -0.15) is 0 Å². The molecule has 3 aromatic rings. The van der Waals surface area contributed by atoms with E-state index in [1.165, 1.54) is 41.2 Å². The van der Waals surface area contributed by atoms with Gasteiger partial charge in [0.15, 0.2) is 4.80 Å². The molecular weight excluding hydrogens is 466 g/mol. The van der Waals surface area contributed by atoms with E-state index in [-0.39, 0.29) is 17.9 Å². The van der Waals surface area contributed by atoms with Gasteiger partial charge in [-0.3, -0.25) is 19.5 Å². The molecule has 0 spiro atoms. The summed E-state index contributed by atoms with van der Waals surface area (Å²) in [5.41, 5.74) is 0.705. The molecule has 1 aromatic carbocycles. The first-order chi connectivity index (χ1) is 15.8. The van der Waals surface area contributed by atoms with Gasteiger partial charge in [-0.25, -0.2) is 9.79 Å². The third kappa shape index (κ3) is 4.12. The summed E-state index contributed by atoms with van der Waals surface area (Å²) in [5, 5.41) is 13.1. The summed E-state index contributed by atoms with van der Waals surface area (Å²) in [4.78, 5) is 42.7. The topological polar surface area (TPSA) is 113 Å². The first-order valence-electron chi connectivity index (χ1n) is 9.91. The molecule has 0 radical (unpaired) electrons. The zero-order chi connectivity index (χ0) is 23.7. The summed E-state index contributed by atoms with van der Waals surface area (Å²) in [6.45, 7) is 3.63. The highest BCUT2D eigenvalue weighted by atomic mass is 32.1. The summed E-state index contributed by atoms with van der Waals surface area (Å²) < 4.78 is 12.4. The van der Waals surface area contributed by atoms with Gasteiger partial charge in [-0.1, -0.05) is 17.4 Å². The van der Waals surface area contributed by atoms with Crippen LogP contribution < -0.4 is 19.6 Å². The number of ether oxygens (including phenoxy) is 2. The Labute approximate surface area is 195 Å². The molecule has 0 amide bonds. The second kappa shape index (κ2) is 9.12. The number of thiophene rings is 1. The lowest BCUT2D eigenvalue weighted by molar-refractivity contribution is -0.384. The molecule has 1 aliphatic heterocycles. The molecule has 3 heterocycles. The maximum Gasteiger partial charge on any atom is 0.338 e. The van der Waals surface area contributed by atoms with Crippen molar-refractivity contribution in [3.8, 4) is 5.75 Å². The third-order valence-corrected chi connectivity index (χ3v) is 6.95. The van der Waals surface area contributed by atoms with Gasteiger partial charge in [0.25, 0.3) is 11.2 Å². The fraction of sp³-hybridized carbons (Fsp3) is 0.227. The van der Waals surface area contributed by atoms with Crippen molar-refractivity contribution in [2.45, 2.75) is 19.9 Å². The SMILES string of the molecule is CCOC(=O)C1=C(C)N=c2s/c(=C\c3cc([N+](=O)[O-])ccc3OC)c(=O)n2[C@@H]1c1cccs1. The largest absolute Gasteiger partial charge is 0.496 e. The van der Waals surface area contributed by atoms with Crippen LogP contribution in [0.2, 0.25) is 0 Å². The maximum atomic E-state index is 13.5. The van der Waals surface area contributed by atoms with E-state index in [1.807, 2.05) is 17.5 Å². The Morgan fingerprint density at radius 2 is 2.15 bits per heavy atom. The predicted octanol–water partition coefficient (Wildman–Crippen LogP) is 2.78. The minimum atomic E-state index is -0.672. The molecule has 170 valence electrons. The average Bonchev–Trinajstić information content (AvgIpc) is 3.41. The first-order valence-corrected chi connectivity index (χ1v) is 11.6. The summed E-state index contributed by atoms with van der Waals surface area (Å²) in [7, 11) is 1.45. The van der Waals surface area contributed by atoms with Crippen LogP contribution in [0.5, 0.6) is 5.75 Å². The Morgan fingerprint density at radius 1 is 1.36 bits per heavy atom. The van der Waals surface area contributed by atoms with Gasteiger partial charge < -0.3 is 9.47 Å². The molecule has 1 aliphatic rings. The van der Waals surface area contributed by atoms with E-state index in [0.717, 1.165) is 16.2 Å². The number of carbonyl (C=O) groups is 1. The lowest BCUT2D eigenvalue weighted by atomic mass is 10.0.